The molecule has 3 rings (SSSR count). The first kappa shape index (κ1) is 11.2. The molecule has 0 saturated carbocycles. The maximum absolute atomic E-state index is 5.02. The third-order valence-corrected chi connectivity index (χ3v) is 3.80. The van der Waals surface area contributed by atoms with Gasteiger partial charge in [0.2, 0.25) is 11.7 Å². The van der Waals surface area contributed by atoms with Crippen LogP contribution in [0.4, 0.5) is 0 Å². The van der Waals surface area contributed by atoms with Crippen LogP contribution in [0.5, 0.6) is 0 Å². The van der Waals surface area contributed by atoms with Crippen LogP contribution in [0.2, 0.25) is 0 Å². The van der Waals surface area contributed by atoms with Gasteiger partial charge in [0.15, 0.2) is 0 Å². The van der Waals surface area contributed by atoms with Crippen LogP contribution in [0.1, 0.15) is 10.8 Å². The zero-order valence-corrected chi connectivity index (χ0v) is 11.0. The van der Waals surface area contributed by atoms with Crippen molar-refractivity contribution >= 4 is 11.3 Å². The Bertz CT molecular complexity index is 670. The van der Waals surface area contributed by atoms with Crippen LogP contribution in [-0.2, 0) is 0 Å². The van der Waals surface area contributed by atoms with Crippen molar-refractivity contribution in [2.24, 2.45) is 0 Å². The molecule has 4 heteroatoms. The predicted molar refractivity (Wildman–Crippen MR) is 72.5 cm³/mol. The van der Waals surface area contributed by atoms with E-state index in [2.05, 4.69) is 35.3 Å². The first-order chi connectivity index (χ1) is 8.74. The molecule has 0 spiro atoms. The molecule has 0 radical (unpaired) electrons. The lowest BCUT2D eigenvalue weighted by Crippen LogP contribution is -1.76. The molecule has 0 N–H and O–H groups in total. The topological polar surface area (TPSA) is 38.9 Å². The molecule has 90 valence electrons. The van der Waals surface area contributed by atoms with Crippen molar-refractivity contribution in [3.05, 3.63) is 47.2 Å². The van der Waals surface area contributed by atoms with Gasteiger partial charge in [0.05, 0.1) is 4.88 Å². The second-order valence-corrected chi connectivity index (χ2v) is 5.34. The zero-order valence-electron chi connectivity index (χ0n) is 10.2. The van der Waals surface area contributed by atoms with E-state index in [4.69, 9.17) is 4.52 Å². The number of aryl methyl sites for hydroxylation is 2. The lowest BCUT2D eigenvalue weighted by Gasteiger charge is -1.97. The van der Waals surface area contributed by atoms with E-state index in [1.807, 2.05) is 18.2 Å². The van der Waals surface area contributed by atoms with Gasteiger partial charge in [-0.05, 0) is 24.1 Å². The van der Waals surface area contributed by atoms with Gasteiger partial charge in [-0.25, -0.2) is 0 Å². The van der Waals surface area contributed by atoms with Gasteiger partial charge in [0.1, 0.15) is 0 Å². The molecule has 0 aliphatic heterocycles. The normalized spacial score (nSPS) is 10.8. The predicted octanol–water partition coefficient (Wildman–Crippen LogP) is 4.08. The van der Waals surface area contributed by atoms with Crippen molar-refractivity contribution in [3.8, 4) is 21.8 Å². The fourth-order valence-electron chi connectivity index (χ4n) is 1.90. The number of hydrogen-bond donors (Lipinski definition) is 0. The summed E-state index contributed by atoms with van der Waals surface area (Å²) < 4.78 is 5.02. The van der Waals surface area contributed by atoms with E-state index in [1.54, 1.807) is 18.3 Å². The van der Waals surface area contributed by atoms with Crippen LogP contribution in [0.25, 0.3) is 21.8 Å². The van der Waals surface area contributed by atoms with Gasteiger partial charge in [0, 0.05) is 11.8 Å². The quantitative estimate of drug-likeness (QED) is 0.693. The third kappa shape index (κ3) is 1.95. The molecular weight excluding hydrogens is 244 g/mol. The van der Waals surface area contributed by atoms with Gasteiger partial charge in [0.25, 0.3) is 0 Å². The van der Waals surface area contributed by atoms with Crippen LogP contribution in [0.3, 0.4) is 0 Å². The molecule has 0 aliphatic rings. The molecule has 0 fully saturated rings. The lowest BCUT2D eigenvalue weighted by atomic mass is 10.1. The molecule has 0 unspecified atom stereocenters. The SMILES string of the molecule is Cc1nc(-c2cc(-c3ccccc3)c(C)s2)no1. The van der Waals surface area contributed by atoms with Crippen molar-refractivity contribution in [3.63, 3.8) is 0 Å². The van der Waals surface area contributed by atoms with Gasteiger partial charge in [-0.3, -0.25) is 0 Å². The summed E-state index contributed by atoms with van der Waals surface area (Å²) in [5.41, 5.74) is 2.45. The second kappa shape index (κ2) is 4.38. The highest BCUT2D eigenvalue weighted by molar-refractivity contribution is 7.15. The molecule has 0 saturated heterocycles. The standard InChI is InChI=1S/C14H12N2OS/c1-9-12(11-6-4-3-5-7-11)8-13(18-9)14-15-10(2)17-16-14/h3-8H,1-2H3. The Morgan fingerprint density at radius 1 is 1.11 bits per heavy atom. The van der Waals surface area contributed by atoms with Crippen LogP contribution in [0.15, 0.2) is 40.9 Å². The van der Waals surface area contributed by atoms with Crippen LogP contribution in [0, 0.1) is 13.8 Å². The molecule has 2 heterocycles. The van der Waals surface area contributed by atoms with E-state index in [1.165, 1.54) is 16.0 Å². The number of rotatable bonds is 2. The zero-order chi connectivity index (χ0) is 12.5. The van der Waals surface area contributed by atoms with E-state index >= 15 is 0 Å². The molecule has 1 aromatic carbocycles. The Labute approximate surface area is 109 Å². The van der Waals surface area contributed by atoms with Crippen molar-refractivity contribution in [2.75, 3.05) is 0 Å². The first-order valence-electron chi connectivity index (χ1n) is 5.70. The molecule has 3 nitrogen and oxygen atoms in total. The van der Waals surface area contributed by atoms with Crippen molar-refractivity contribution in [1.82, 2.24) is 10.1 Å². The highest BCUT2D eigenvalue weighted by Crippen LogP contribution is 2.35. The molecule has 0 amide bonds. The second-order valence-electron chi connectivity index (χ2n) is 4.08. The minimum Gasteiger partial charge on any atom is -0.339 e. The van der Waals surface area contributed by atoms with Crippen LogP contribution < -0.4 is 0 Å². The summed E-state index contributed by atoms with van der Waals surface area (Å²) in [5.74, 6) is 1.26. The fraction of sp³-hybridized carbons (Fsp3) is 0.143. The largest absolute Gasteiger partial charge is 0.339 e. The smallest absolute Gasteiger partial charge is 0.223 e. The Hall–Kier alpha value is -1.94. The molecule has 0 atom stereocenters. The van der Waals surface area contributed by atoms with Crippen molar-refractivity contribution in [1.29, 1.82) is 0 Å². The summed E-state index contributed by atoms with van der Waals surface area (Å²) in [6.45, 7) is 3.92. The van der Waals surface area contributed by atoms with Gasteiger partial charge in [-0.15, -0.1) is 11.3 Å². The maximum Gasteiger partial charge on any atom is 0.223 e. The summed E-state index contributed by atoms with van der Waals surface area (Å²) >= 11 is 1.69. The molecule has 3 aromatic rings. The summed E-state index contributed by atoms with van der Waals surface area (Å²) in [7, 11) is 0. The third-order valence-electron chi connectivity index (χ3n) is 2.75. The minimum atomic E-state index is 0.595. The van der Waals surface area contributed by atoms with Crippen molar-refractivity contribution < 1.29 is 4.52 Å². The highest BCUT2D eigenvalue weighted by atomic mass is 32.1. The monoisotopic (exact) mass is 256 g/mol. The van der Waals surface area contributed by atoms with E-state index < -0.39 is 0 Å². The molecular formula is C14H12N2OS. The van der Waals surface area contributed by atoms with Crippen molar-refractivity contribution in [2.45, 2.75) is 13.8 Å². The molecule has 18 heavy (non-hydrogen) atoms. The number of aromatic nitrogens is 2. The minimum absolute atomic E-state index is 0.595. The van der Waals surface area contributed by atoms with E-state index in [9.17, 15) is 0 Å². The fourth-order valence-corrected chi connectivity index (χ4v) is 2.86. The molecule has 2 aromatic heterocycles. The Morgan fingerprint density at radius 2 is 1.89 bits per heavy atom. The average Bonchev–Trinajstić information content (AvgIpc) is 2.97. The van der Waals surface area contributed by atoms with E-state index in [0.717, 1.165) is 4.88 Å². The number of thiophene rings is 1. The van der Waals surface area contributed by atoms with Gasteiger partial charge in [-0.2, -0.15) is 4.98 Å². The van der Waals surface area contributed by atoms with Gasteiger partial charge < -0.3 is 4.52 Å². The number of hydrogen-bond acceptors (Lipinski definition) is 4. The maximum atomic E-state index is 5.02. The van der Waals surface area contributed by atoms with E-state index in [0.29, 0.717) is 11.7 Å². The molecule has 0 bridgehead atoms. The highest BCUT2D eigenvalue weighted by Gasteiger charge is 2.12. The van der Waals surface area contributed by atoms with E-state index in [-0.39, 0.29) is 0 Å². The van der Waals surface area contributed by atoms with Gasteiger partial charge in [-0.1, -0.05) is 35.5 Å². The Balaban J connectivity index is 2.06. The summed E-state index contributed by atoms with van der Waals surface area (Å²) in [5, 5.41) is 3.96. The number of nitrogens with zero attached hydrogens (tertiary/aromatic N) is 2. The first-order valence-corrected chi connectivity index (χ1v) is 6.52. The van der Waals surface area contributed by atoms with Gasteiger partial charge >= 0.3 is 0 Å². The summed E-state index contributed by atoms with van der Waals surface area (Å²) in [6.07, 6.45) is 0. The molecule has 0 aliphatic carbocycles. The van der Waals surface area contributed by atoms with Crippen LogP contribution in [-0.4, -0.2) is 10.1 Å². The lowest BCUT2D eigenvalue weighted by molar-refractivity contribution is 0.394. The Kier molecular flexibility index (Phi) is 2.72. The number of benzene rings is 1. The Morgan fingerprint density at radius 3 is 2.56 bits per heavy atom. The average molecular weight is 256 g/mol. The summed E-state index contributed by atoms with van der Waals surface area (Å²) in [4.78, 5) is 6.57. The summed E-state index contributed by atoms with van der Waals surface area (Å²) in [6, 6.07) is 12.5. The van der Waals surface area contributed by atoms with Crippen LogP contribution >= 0.6 is 11.3 Å².